The first-order chi connectivity index (χ1) is 14.8. The van der Waals surface area contributed by atoms with Gasteiger partial charge in [0.25, 0.3) is 0 Å². The van der Waals surface area contributed by atoms with Gasteiger partial charge in [0.1, 0.15) is 5.82 Å². The third-order valence-corrected chi connectivity index (χ3v) is 6.66. The van der Waals surface area contributed by atoms with E-state index in [2.05, 4.69) is 0 Å². The van der Waals surface area contributed by atoms with Crippen LogP contribution in [0.2, 0.25) is 0 Å². The van der Waals surface area contributed by atoms with E-state index in [4.69, 9.17) is 0 Å². The number of hydrogen-bond donors (Lipinski definition) is 3. The summed E-state index contributed by atoms with van der Waals surface area (Å²) in [5.41, 5.74) is -3.89. The summed E-state index contributed by atoms with van der Waals surface area (Å²) in [6.45, 7) is 1.45. The maximum absolute atomic E-state index is 14.6. The number of benzene rings is 1. The number of carbonyl (C=O) groups is 2. The molecule has 174 valence electrons. The SMILES string of the molecule is CC1C(C(=O)O)=CC(c2cc(C(F)(F)F)ccc2F)=CC1(CC1CCC(O)CC1)C(=O)O. The summed E-state index contributed by atoms with van der Waals surface area (Å²) in [6, 6.07) is 1.78. The van der Waals surface area contributed by atoms with Crippen LogP contribution in [0.5, 0.6) is 0 Å². The van der Waals surface area contributed by atoms with Crippen LogP contribution in [-0.2, 0) is 15.8 Å². The van der Waals surface area contributed by atoms with Crippen molar-refractivity contribution in [1.29, 1.82) is 0 Å². The number of alkyl halides is 3. The van der Waals surface area contributed by atoms with E-state index in [9.17, 15) is 42.5 Å². The van der Waals surface area contributed by atoms with E-state index in [1.54, 1.807) is 0 Å². The molecule has 0 aliphatic heterocycles. The highest BCUT2D eigenvalue weighted by atomic mass is 19.4. The molecule has 2 unspecified atom stereocenters. The Bertz CT molecular complexity index is 973. The lowest BCUT2D eigenvalue weighted by atomic mass is 9.62. The van der Waals surface area contributed by atoms with Gasteiger partial charge in [-0.3, -0.25) is 4.79 Å². The molecular weight excluding hydrogens is 432 g/mol. The summed E-state index contributed by atoms with van der Waals surface area (Å²) in [7, 11) is 0. The number of hydrogen-bond acceptors (Lipinski definition) is 3. The third kappa shape index (κ3) is 4.57. The minimum absolute atomic E-state index is 0.0327. The highest BCUT2D eigenvalue weighted by Crippen LogP contribution is 2.49. The van der Waals surface area contributed by atoms with Crippen LogP contribution in [0.25, 0.3) is 5.57 Å². The summed E-state index contributed by atoms with van der Waals surface area (Å²) in [5.74, 6) is -4.89. The van der Waals surface area contributed by atoms with E-state index in [-0.39, 0.29) is 23.5 Å². The second kappa shape index (κ2) is 8.69. The van der Waals surface area contributed by atoms with Crippen LogP contribution in [-0.4, -0.2) is 33.4 Å². The second-order valence-corrected chi connectivity index (χ2v) is 8.64. The van der Waals surface area contributed by atoms with Crippen molar-refractivity contribution in [1.82, 2.24) is 0 Å². The summed E-state index contributed by atoms with van der Waals surface area (Å²) >= 11 is 0. The Morgan fingerprint density at radius 3 is 2.28 bits per heavy atom. The van der Waals surface area contributed by atoms with Gasteiger partial charge in [-0.2, -0.15) is 13.2 Å². The van der Waals surface area contributed by atoms with Crippen LogP contribution in [0.3, 0.4) is 0 Å². The molecule has 0 radical (unpaired) electrons. The minimum Gasteiger partial charge on any atom is -0.481 e. The molecule has 1 aromatic carbocycles. The first-order valence-electron chi connectivity index (χ1n) is 10.3. The quantitative estimate of drug-likeness (QED) is 0.548. The first kappa shape index (κ1) is 24.0. The van der Waals surface area contributed by atoms with Crippen LogP contribution < -0.4 is 0 Å². The molecular formula is C23H24F4O5. The number of allylic oxidation sites excluding steroid dienone is 2. The smallest absolute Gasteiger partial charge is 0.416 e. The number of rotatable bonds is 5. The van der Waals surface area contributed by atoms with Crippen molar-refractivity contribution in [2.75, 3.05) is 0 Å². The predicted octanol–water partition coefficient (Wildman–Crippen LogP) is 4.90. The van der Waals surface area contributed by atoms with Crippen LogP contribution in [0.15, 0.2) is 35.9 Å². The molecule has 0 saturated heterocycles. The lowest BCUT2D eigenvalue weighted by Crippen LogP contribution is -2.42. The molecule has 0 amide bonds. The first-order valence-corrected chi connectivity index (χ1v) is 10.3. The zero-order chi connectivity index (χ0) is 23.8. The van der Waals surface area contributed by atoms with Gasteiger partial charge in [-0.05, 0) is 67.9 Å². The van der Waals surface area contributed by atoms with E-state index in [0.717, 1.165) is 6.08 Å². The van der Waals surface area contributed by atoms with Crippen LogP contribution >= 0.6 is 0 Å². The van der Waals surface area contributed by atoms with Crippen molar-refractivity contribution >= 4 is 17.5 Å². The molecule has 32 heavy (non-hydrogen) atoms. The average molecular weight is 456 g/mol. The Hall–Kier alpha value is -2.68. The van der Waals surface area contributed by atoms with E-state index in [1.807, 2.05) is 0 Å². The van der Waals surface area contributed by atoms with Crippen LogP contribution in [0.4, 0.5) is 17.6 Å². The number of carboxylic acids is 2. The van der Waals surface area contributed by atoms with Gasteiger partial charge in [-0.1, -0.05) is 13.0 Å². The zero-order valence-electron chi connectivity index (χ0n) is 17.3. The Labute approximate surface area is 182 Å². The van der Waals surface area contributed by atoms with Gasteiger partial charge < -0.3 is 15.3 Å². The highest BCUT2D eigenvalue weighted by molar-refractivity contribution is 5.97. The van der Waals surface area contributed by atoms with Crippen molar-refractivity contribution < 1.29 is 42.5 Å². The number of carboxylic acid groups (broad SMARTS) is 2. The molecule has 0 bridgehead atoms. The molecule has 0 aromatic heterocycles. The molecule has 2 aliphatic rings. The number of aliphatic hydroxyl groups is 1. The zero-order valence-corrected chi connectivity index (χ0v) is 17.3. The van der Waals surface area contributed by atoms with Gasteiger partial charge in [0, 0.05) is 17.1 Å². The van der Waals surface area contributed by atoms with E-state index in [0.29, 0.717) is 43.9 Å². The van der Waals surface area contributed by atoms with Crippen molar-refractivity contribution in [3.8, 4) is 0 Å². The number of aliphatic hydroxyl groups excluding tert-OH is 1. The summed E-state index contributed by atoms with van der Waals surface area (Å²) in [6.07, 6.45) is -0.901. The molecule has 0 spiro atoms. The Morgan fingerprint density at radius 1 is 1.12 bits per heavy atom. The fraction of sp³-hybridized carbons (Fsp3) is 0.478. The van der Waals surface area contributed by atoms with Crippen molar-refractivity contribution in [3.05, 3.63) is 52.9 Å². The van der Waals surface area contributed by atoms with Crippen molar-refractivity contribution in [3.63, 3.8) is 0 Å². The Morgan fingerprint density at radius 2 is 1.75 bits per heavy atom. The van der Waals surface area contributed by atoms with E-state index >= 15 is 0 Å². The molecule has 3 rings (SSSR count). The lowest BCUT2D eigenvalue weighted by molar-refractivity contribution is -0.150. The molecule has 5 nitrogen and oxygen atoms in total. The molecule has 2 atom stereocenters. The van der Waals surface area contributed by atoms with Gasteiger partial charge >= 0.3 is 18.1 Å². The predicted molar refractivity (Wildman–Crippen MR) is 107 cm³/mol. The Kier molecular flexibility index (Phi) is 6.51. The summed E-state index contributed by atoms with van der Waals surface area (Å²) in [5, 5.41) is 29.6. The maximum atomic E-state index is 14.6. The van der Waals surface area contributed by atoms with Gasteiger partial charge in [0.2, 0.25) is 0 Å². The summed E-state index contributed by atoms with van der Waals surface area (Å²) < 4.78 is 54.1. The fourth-order valence-electron chi connectivity index (χ4n) is 4.74. The lowest BCUT2D eigenvalue weighted by Gasteiger charge is -2.40. The molecule has 2 aliphatic carbocycles. The van der Waals surface area contributed by atoms with Crippen molar-refractivity contribution in [2.45, 2.75) is 51.3 Å². The third-order valence-electron chi connectivity index (χ3n) is 6.66. The van der Waals surface area contributed by atoms with Gasteiger partial charge in [-0.15, -0.1) is 0 Å². The number of halogens is 4. The van der Waals surface area contributed by atoms with Crippen LogP contribution in [0, 0.1) is 23.1 Å². The number of aliphatic carboxylic acids is 2. The van der Waals surface area contributed by atoms with E-state index < -0.39 is 52.5 Å². The molecule has 1 aromatic rings. The molecule has 1 saturated carbocycles. The average Bonchev–Trinajstić information content (AvgIpc) is 2.70. The largest absolute Gasteiger partial charge is 0.481 e. The molecule has 1 fully saturated rings. The summed E-state index contributed by atoms with van der Waals surface area (Å²) in [4.78, 5) is 24.4. The van der Waals surface area contributed by atoms with Crippen LogP contribution in [0.1, 0.15) is 50.2 Å². The second-order valence-electron chi connectivity index (χ2n) is 8.64. The fourth-order valence-corrected chi connectivity index (χ4v) is 4.74. The maximum Gasteiger partial charge on any atom is 0.416 e. The minimum atomic E-state index is -4.75. The van der Waals surface area contributed by atoms with Crippen molar-refractivity contribution in [2.24, 2.45) is 17.3 Å². The highest BCUT2D eigenvalue weighted by Gasteiger charge is 2.49. The van der Waals surface area contributed by atoms with E-state index in [1.165, 1.54) is 13.0 Å². The molecule has 3 N–H and O–H groups in total. The van der Waals surface area contributed by atoms with Gasteiger partial charge in [0.05, 0.1) is 17.1 Å². The van der Waals surface area contributed by atoms with Gasteiger partial charge in [-0.25, -0.2) is 9.18 Å². The topological polar surface area (TPSA) is 94.8 Å². The molecule has 9 heteroatoms. The monoisotopic (exact) mass is 456 g/mol. The Balaban J connectivity index is 2.15. The normalized spacial score (nSPS) is 28.6. The van der Waals surface area contributed by atoms with Gasteiger partial charge in [0.15, 0.2) is 0 Å². The standard InChI is InChI=1S/C23H24F4O5/c1-12-17(20(29)30)8-14(18-9-15(23(25,26)27)4-7-19(18)24)11-22(12,21(31)32)10-13-2-5-16(28)6-3-13/h4,7-9,11-13,16,28H,2-3,5-6,10H2,1H3,(H,29,30)(H,31,32). The molecule has 0 heterocycles.